The van der Waals surface area contributed by atoms with Crippen molar-refractivity contribution in [3.8, 4) is 0 Å². The van der Waals surface area contributed by atoms with Crippen LogP contribution in [0.2, 0.25) is 0 Å². The molecule has 0 nitrogen and oxygen atoms in total. The van der Waals surface area contributed by atoms with E-state index in [0.29, 0.717) is 0 Å². The molecule has 0 fully saturated rings. The molecule has 3 aromatic rings. The van der Waals surface area contributed by atoms with Gasteiger partial charge in [0.05, 0.1) is 0 Å². The summed E-state index contributed by atoms with van der Waals surface area (Å²) in [5, 5.41) is 4.45. The van der Waals surface area contributed by atoms with Crippen molar-refractivity contribution >= 4 is 23.8 Å². The topological polar surface area (TPSA) is 0 Å². The summed E-state index contributed by atoms with van der Waals surface area (Å²) in [6.07, 6.45) is 0. The first-order valence-electron chi connectivity index (χ1n) is 8.90. The quantitative estimate of drug-likeness (QED) is 0.378. The average molecular weight is 448 g/mol. The summed E-state index contributed by atoms with van der Waals surface area (Å²) < 4.78 is 0. The van der Waals surface area contributed by atoms with Gasteiger partial charge >= 0.3 is 0 Å². The van der Waals surface area contributed by atoms with Gasteiger partial charge < -0.3 is 0 Å². The molecule has 0 saturated carbocycles. The van der Waals surface area contributed by atoms with Crippen molar-refractivity contribution in [1.29, 1.82) is 0 Å². The van der Waals surface area contributed by atoms with Crippen LogP contribution in [0.1, 0.15) is 33.4 Å². The molecule has 0 unspecified atom stereocenters. The summed E-state index contributed by atoms with van der Waals surface area (Å²) >= 11 is 0. The van der Waals surface area contributed by atoms with E-state index in [0.717, 1.165) is 0 Å². The summed E-state index contributed by atoms with van der Waals surface area (Å²) in [4.78, 5) is 0. The van der Waals surface area contributed by atoms with E-state index in [1.807, 2.05) is 0 Å². The molecule has 0 atom stereocenters. The van der Waals surface area contributed by atoms with Crippen molar-refractivity contribution in [1.82, 2.24) is 0 Å². The van der Waals surface area contributed by atoms with Crippen molar-refractivity contribution in [2.24, 2.45) is 0 Å². The molecule has 0 radical (unpaired) electrons. The molecule has 0 aromatic heterocycles. The number of hydrogen-bond donors (Lipinski definition) is 0. The summed E-state index contributed by atoms with van der Waals surface area (Å²) in [5.41, 5.74) is 8.41. The molecule has 3 aromatic carbocycles. The Bertz CT molecular complexity index is 805. The van der Waals surface area contributed by atoms with E-state index in [4.69, 9.17) is 0 Å². The Morgan fingerprint density at radius 2 is 0.731 bits per heavy atom. The van der Waals surface area contributed by atoms with Crippen LogP contribution in [0, 0.1) is 41.5 Å². The Hall–Kier alpha value is -1.29. The van der Waals surface area contributed by atoms with E-state index >= 15 is 0 Å². The van der Waals surface area contributed by atoms with Crippen LogP contribution in [0.3, 0.4) is 0 Å². The van der Waals surface area contributed by atoms with Crippen LogP contribution in [0.5, 0.6) is 0 Å². The smallest absolute Gasteiger partial charge is 0 e. The first-order chi connectivity index (χ1) is 11.9. The largest absolute Gasteiger partial charge is 0.0613 e. The second-order valence-corrected chi connectivity index (χ2v) is 9.11. The molecule has 3 rings (SSSR count). The van der Waals surface area contributed by atoms with Gasteiger partial charge in [0.1, 0.15) is 0 Å². The van der Waals surface area contributed by atoms with Gasteiger partial charge in [-0.3, -0.25) is 0 Å². The van der Waals surface area contributed by atoms with Crippen LogP contribution < -0.4 is 15.9 Å². The molecule has 0 aliphatic rings. The zero-order chi connectivity index (χ0) is 18.1. The molecular formula is C24H27PRu. The number of aryl methyl sites for hydroxylation is 3. The van der Waals surface area contributed by atoms with Crippen LogP contribution in [0.25, 0.3) is 0 Å². The molecule has 0 amide bonds. The maximum atomic E-state index is 2.33. The molecule has 0 heterocycles. The van der Waals surface area contributed by atoms with E-state index in [2.05, 4.69) is 96.1 Å². The second-order valence-electron chi connectivity index (χ2n) is 6.99. The van der Waals surface area contributed by atoms with E-state index in [1.165, 1.54) is 49.3 Å². The average Bonchev–Trinajstić information content (AvgIpc) is 2.59. The van der Waals surface area contributed by atoms with Crippen LogP contribution in [0.4, 0.5) is 0 Å². The number of benzene rings is 3. The van der Waals surface area contributed by atoms with Gasteiger partial charge in [-0.05, 0) is 98.8 Å². The van der Waals surface area contributed by atoms with Crippen molar-refractivity contribution in [3.63, 3.8) is 0 Å². The molecule has 0 aliphatic carbocycles. The molecule has 2 heteroatoms. The van der Waals surface area contributed by atoms with Crippen molar-refractivity contribution in [2.75, 3.05) is 0 Å². The predicted octanol–water partition coefficient (Wildman–Crippen LogP) is 5.29. The zero-order valence-corrected chi connectivity index (χ0v) is 19.1. The Morgan fingerprint density at radius 3 is 1.00 bits per heavy atom. The fraction of sp³-hybridized carbons (Fsp3) is 0.250. The van der Waals surface area contributed by atoms with Gasteiger partial charge in [0.2, 0.25) is 0 Å². The van der Waals surface area contributed by atoms with Crippen LogP contribution >= 0.6 is 7.92 Å². The third-order valence-corrected chi connectivity index (χ3v) is 8.35. The maximum Gasteiger partial charge on any atom is 0 e. The van der Waals surface area contributed by atoms with Crippen LogP contribution in [0.15, 0.2) is 54.6 Å². The van der Waals surface area contributed by atoms with Crippen molar-refractivity contribution in [2.45, 2.75) is 41.5 Å². The van der Waals surface area contributed by atoms with Gasteiger partial charge in [-0.15, -0.1) is 0 Å². The Morgan fingerprint density at radius 1 is 0.462 bits per heavy atom. The van der Waals surface area contributed by atoms with Crippen molar-refractivity contribution < 1.29 is 19.5 Å². The van der Waals surface area contributed by atoms with Gasteiger partial charge in [-0.1, -0.05) is 54.6 Å². The minimum Gasteiger partial charge on any atom is -0.0613 e. The molecule has 0 bridgehead atoms. The Kier molecular flexibility index (Phi) is 6.95. The fourth-order valence-corrected chi connectivity index (χ4v) is 6.34. The molecule has 26 heavy (non-hydrogen) atoms. The van der Waals surface area contributed by atoms with E-state index in [-0.39, 0.29) is 19.5 Å². The second kappa shape index (κ2) is 8.60. The van der Waals surface area contributed by atoms with E-state index < -0.39 is 7.92 Å². The van der Waals surface area contributed by atoms with Gasteiger partial charge in [-0.25, -0.2) is 0 Å². The molecular weight excluding hydrogens is 420 g/mol. The summed E-state index contributed by atoms with van der Waals surface area (Å²) in [7, 11) is -0.557. The zero-order valence-electron chi connectivity index (χ0n) is 16.5. The maximum absolute atomic E-state index is 2.33. The van der Waals surface area contributed by atoms with Crippen molar-refractivity contribution in [3.05, 3.63) is 88.0 Å². The third kappa shape index (κ3) is 3.85. The van der Waals surface area contributed by atoms with Gasteiger partial charge in [0, 0.05) is 19.5 Å². The number of rotatable bonds is 3. The van der Waals surface area contributed by atoms with E-state index in [1.54, 1.807) is 0 Å². The molecule has 0 spiro atoms. The van der Waals surface area contributed by atoms with Crippen LogP contribution in [-0.2, 0) is 19.5 Å². The summed E-state index contributed by atoms with van der Waals surface area (Å²) in [5.74, 6) is 0. The van der Waals surface area contributed by atoms with Gasteiger partial charge in [0.15, 0.2) is 0 Å². The number of hydrogen-bond acceptors (Lipinski definition) is 0. The third-order valence-electron chi connectivity index (χ3n) is 5.45. The fourth-order valence-electron chi connectivity index (χ4n) is 3.32. The molecule has 0 N–H and O–H groups in total. The molecule has 136 valence electrons. The Balaban J connectivity index is 0.00000243. The van der Waals surface area contributed by atoms with Crippen LogP contribution in [-0.4, -0.2) is 0 Å². The van der Waals surface area contributed by atoms with Gasteiger partial charge in [0.25, 0.3) is 0 Å². The SMILES string of the molecule is Cc1cccc(P(c2cccc(C)c2C)c2cccc(C)c2C)c1C.[Ru]. The molecule has 0 saturated heterocycles. The first-order valence-corrected chi connectivity index (χ1v) is 10.2. The summed E-state index contributed by atoms with van der Waals surface area (Å²) in [6.45, 7) is 13.5. The first kappa shape index (κ1) is 21.0. The predicted molar refractivity (Wildman–Crippen MR) is 114 cm³/mol. The molecule has 0 aliphatic heterocycles. The summed E-state index contributed by atoms with van der Waals surface area (Å²) in [6, 6.07) is 20.3. The monoisotopic (exact) mass is 448 g/mol. The minimum atomic E-state index is -0.557. The van der Waals surface area contributed by atoms with Gasteiger partial charge in [-0.2, -0.15) is 0 Å². The van der Waals surface area contributed by atoms with E-state index in [9.17, 15) is 0 Å². The standard InChI is InChI=1S/C24H27P.Ru/c1-16-10-7-13-22(19(16)4)25(23-14-8-11-17(2)20(23)5)24-15-9-12-18(3)21(24)6;/h7-15H,1-6H3;. The normalized spacial score (nSPS) is 10.7. The Labute approximate surface area is 172 Å². The minimum absolute atomic E-state index is 0.